The lowest BCUT2D eigenvalue weighted by molar-refractivity contribution is -0.220. The van der Waals surface area contributed by atoms with E-state index in [0.717, 1.165) is 83.5 Å². The number of esters is 2. The minimum absolute atomic E-state index is 0.0895. The highest BCUT2D eigenvalue weighted by Crippen LogP contribution is 2.47. The van der Waals surface area contributed by atoms with E-state index < -0.39 is 75.7 Å². The Kier molecular flexibility index (Phi) is 40.9. The van der Waals surface area contributed by atoms with Crippen LogP contribution < -0.4 is 0 Å². The van der Waals surface area contributed by atoms with Gasteiger partial charge in [-0.25, -0.2) is 4.57 Å². The molecule has 14 heteroatoms. The van der Waals surface area contributed by atoms with Crippen LogP contribution in [-0.4, -0.2) is 98.3 Å². The Morgan fingerprint density at radius 3 is 1.21 bits per heavy atom. The number of unbranched alkanes of at least 4 members (excludes halogenated alkanes) is 25. The topological polar surface area (TPSA) is 210 Å². The van der Waals surface area contributed by atoms with E-state index in [4.69, 9.17) is 18.5 Å². The molecule has 0 aromatic carbocycles. The summed E-state index contributed by atoms with van der Waals surface area (Å²) in [5.41, 5.74) is 0. The van der Waals surface area contributed by atoms with E-state index in [-0.39, 0.29) is 12.8 Å². The zero-order valence-electron chi connectivity index (χ0n) is 42.4. The summed E-state index contributed by atoms with van der Waals surface area (Å²) in [5.74, 6) is -1.11. The minimum Gasteiger partial charge on any atom is -0.462 e. The van der Waals surface area contributed by atoms with Crippen LogP contribution in [0, 0.1) is 0 Å². The van der Waals surface area contributed by atoms with Crippen LogP contribution in [0.4, 0.5) is 0 Å². The summed E-state index contributed by atoms with van der Waals surface area (Å²) in [6.45, 7) is 3.29. The molecule has 6 unspecified atom stereocenters. The fourth-order valence-corrected chi connectivity index (χ4v) is 9.03. The molecule has 6 N–H and O–H groups in total. The van der Waals surface area contributed by atoms with Crippen LogP contribution in [0.2, 0.25) is 0 Å². The molecule has 13 nitrogen and oxygen atoms in total. The molecular formula is C54H97O13P. The molecule has 1 fully saturated rings. The molecule has 6 atom stereocenters. The molecule has 1 aliphatic rings. The van der Waals surface area contributed by atoms with Gasteiger partial charge in [0.25, 0.3) is 0 Å². The highest BCUT2D eigenvalue weighted by molar-refractivity contribution is 7.47. The van der Waals surface area contributed by atoms with E-state index >= 15 is 0 Å². The zero-order valence-corrected chi connectivity index (χ0v) is 43.3. The lowest BCUT2D eigenvalue weighted by Gasteiger charge is -2.41. The average Bonchev–Trinajstić information content (AvgIpc) is 3.32. The number of hydrogen-bond acceptors (Lipinski definition) is 12. The molecule has 0 saturated heterocycles. The zero-order chi connectivity index (χ0) is 49.9. The largest absolute Gasteiger partial charge is 0.472 e. The number of aliphatic hydroxyl groups is 5. The van der Waals surface area contributed by atoms with E-state index in [9.17, 15) is 44.6 Å². The summed E-state index contributed by atoms with van der Waals surface area (Å²) in [4.78, 5) is 35.9. The molecule has 1 aliphatic carbocycles. The van der Waals surface area contributed by atoms with E-state index in [1.807, 2.05) is 0 Å². The molecule has 0 bridgehead atoms. The molecule has 0 aromatic heterocycles. The number of aliphatic hydroxyl groups excluding tert-OH is 5. The first-order valence-electron chi connectivity index (χ1n) is 26.9. The molecule has 68 heavy (non-hydrogen) atoms. The van der Waals surface area contributed by atoms with Gasteiger partial charge in [-0.1, -0.05) is 184 Å². The quantitative estimate of drug-likeness (QED) is 0.0145. The van der Waals surface area contributed by atoms with Crippen molar-refractivity contribution in [1.29, 1.82) is 0 Å². The number of carbonyl (C=O) groups excluding carboxylic acids is 2. The van der Waals surface area contributed by atoms with Crippen LogP contribution in [0.1, 0.15) is 226 Å². The fourth-order valence-electron chi connectivity index (χ4n) is 8.05. The van der Waals surface area contributed by atoms with Crippen molar-refractivity contribution in [3.05, 3.63) is 48.6 Å². The van der Waals surface area contributed by atoms with Crippen LogP contribution in [-0.2, 0) is 32.7 Å². The predicted octanol–water partition coefficient (Wildman–Crippen LogP) is 11.9. The third kappa shape index (κ3) is 35.0. The van der Waals surface area contributed by atoms with Gasteiger partial charge in [0.15, 0.2) is 6.10 Å². The maximum atomic E-state index is 12.9. The van der Waals surface area contributed by atoms with Crippen molar-refractivity contribution in [3.8, 4) is 0 Å². The first-order chi connectivity index (χ1) is 32.9. The molecular weight excluding hydrogens is 888 g/mol. The Bertz CT molecular complexity index is 1370. The van der Waals surface area contributed by atoms with Crippen molar-refractivity contribution in [1.82, 2.24) is 0 Å². The number of allylic oxidation sites excluding steroid dienone is 8. The standard InChI is InChI=1S/C54H97O13P/c1-3-5-7-9-11-13-15-17-19-21-23-24-25-27-29-31-33-35-37-39-41-43-48(56)66-46(45-65-68(62,63)67-54-52(60)50(58)49(57)51(59)53(54)61)44-64-47(55)42-40-38-36-34-32-30-28-26-22-20-18-16-14-12-10-8-6-4-2/h14-17,20-23,46,49-54,57-61H,3-13,18-19,24-45H2,1-2H3,(H,62,63)/b16-14-,17-15-,22-20-,23-21-. The van der Waals surface area contributed by atoms with Gasteiger partial charge in [-0.05, 0) is 77.0 Å². The summed E-state index contributed by atoms with van der Waals surface area (Å²) in [5, 5.41) is 50.3. The maximum Gasteiger partial charge on any atom is 0.472 e. The first kappa shape index (κ1) is 63.8. The van der Waals surface area contributed by atoms with Crippen molar-refractivity contribution >= 4 is 19.8 Å². The van der Waals surface area contributed by atoms with Gasteiger partial charge in [0, 0.05) is 12.8 Å². The fraction of sp³-hybridized carbons (Fsp3) is 0.815. The number of ether oxygens (including phenoxy) is 2. The molecule has 1 saturated carbocycles. The van der Waals surface area contributed by atoms with Gasteiger partial charge in [0.05, 0.1) is 6.61 Å². The monoisotopic (exact) mass is 985 g/mol. The maximum absolute atomic E-state index is 12.9. The summed E-state index contributed by atoms with van der Waals surface area (Å²) >= 11 is 0. The number of hydrogen-bond donors (Lipinski definition) is 6. The normalized spacial score (nSPS) is 21.4. The lowest BCUT2D eigenvalue weighted by atomic mass is 9.85. The SMILES string of the molecule is CCCCCC/C=C\C/C=C\CCCCCCCCCC(=O)OCC(COP(=O)(O)OC1C(O)C(O)C(O)C(O)C1O)OC(=O)CCCCCCCCCCC/C=C\C/C=C\CCCCCCC. The van der Waals surface area contributed by atoms with Crippen LogP contribution in [0.3, 0.4) is 0 Å². The van der Waals surface area contributed by atoms with Gasteiger partial charge in [0.2, 0.25) is 0 Å². The van der Waals surface area contributed by atoms with E-state index in [0.29, 0.717) is 12.8 Å². The Labute approximate surface area is 411 Å². The predicted molar refractivity (Wildman–Crippen MR) is 272 cm³/mol. The van der Waals surface area contributed by atoms with Crippen molar-refractivity contribution < 1.29 is 63.1 Å². The highest BCUT2D eigenvalue weighted by Gasteiger charge is 2.51. The molecule has 396 valence electrons. The van der Waals surface area contributed by atoms with Crippen LogP contribution in [0.5, 0.6) is 0 Å². The van der Waals surface area contributed by atoms with Gasteiger partial charge in [-0.15, -0.1) is 0 Å². The summed E-state index contributed by atoms with van der Waals surface area (Å²) < 4.78 is 33.7. The van der Waals surface area contributed by atoms with Crippen molar-refractivity contribution in [2.75, 3.05) is 13.2 Å². The molecule has 0 radical (unpaired) electrons. The Balaban J connectivity index is 2.39. The summed E-state index contributed by atoms with van der Waals surface area (Å²) in [7, 11) is -5.13. The Hall–Kier alpha value is -2.19. The van der Waals surface area contributed by atoms with E-state index in [1.54, 1.807) is 0 Å². The second-order valence-electron chi connectivity index (χ2n) is 18.7. The molecule has 0 aliphatic heterocycles. The number of rotatable bonds is 45. The third-order valence-electron chi connectivity index (χ3n) is 12.4. The smallest absolute Gasteiger partial charge is 0.462 e. The first-order valence-corrected chi connectivity index (χ1v) is 28.4. The minimum atomic E-state index is -5.13. The summed E-state index contributed by atoms with van der Waals surface area (Å²) in [6.07, 6.45) is 40.0. The second kappa shape index (κ2) is 43.6. The van der Waals surface area contributed by atoms with Crippen molar-refractivity contribution in [2.45, 2.75) is 268 Å². The Morgan fingerprint density at radius 1 is 0.456 bits per heavy atom. The average molecular weight is 985 g/mol. The van der Waals surface area contributed by atoms with Gasteiger partial charge in [0.1, 0.15) is 43.2 Å². The number of carbonyl (C=O) groups is 2. The van der Waals surface area contributed by atoms with Crippen molar-refractivity contribution in [2.24, 2.45) is 0 Å². The number of phosphoric ester groups is 1. The van der Waals surface area contributed by atoms with Gasteiger partial charge in [-0.3, -0.25) is 18.6 Å². The van der Waals surface area contributed by atoms with Crippen molar-refractivity contribution in [3.63, 3.8) is 0 Å². The molecule has 0 spiro atoms. The summed E-state index contributed by atoms with van der Waals surface area (Å²) in [6, 6.07) is 0. The third-order valence-corrected chi connectivity index (χ3v) is 13.4. The van der Waals surface area contributed by atoms with Gasteiger partial charge < -0.3 is 39.9 Å². The van der Waals surface area contributed by atoms with Crippen LogP contribution >= 0.6 is 7.82 Å². The van der Waals surface area contributed by atoms with E-state index in [2.05, 4.69) is 62.5 Å². The molecule has 0 aromatic rings. The number of phosphoric acid groups is 1. The van der Waals surface area contributed by atoms with Crippen LogP contribution in [0.25, 0.3) is 0 Å². The Morgan fingerprint density at radius 2 is 0.794 bits per heavy atom. The molecule has 0 heterocycles. The second-order valence-corrected chi connectivity index (χ2v) is 20.1. The lowest BCUT2D eigenvalue weighted by Crippen LogP contribution is -2.64. The van der Waals surface area contributed by atoms with Gasteiger partial charge >= 0.3 is 19.8 Å². The van der Waals surface area contributed by atoms with Crippen LogP contribution in [0.15, 0.2) is 48.6 Å². The van der Waals surface area contributed by atoms with Gasteiger partial charge in [-0.2, -0.15) is 0 Å². The molecule has 0 amide bonds. The molecule has 1 rings (SSSR count). The highest BCUT2D eigenvalue weighted by atomic mass is 31.2. The van der Waals surface area contributed by atoms with E-state index in [1.165, 1.54) is 103 Å².